The fourth-order valence-electron chi connectivity index (χ4n) is 3.36. The van der Waals surface area contributed by atoms with Gasteiger partial charge < -0.3 is 18.4 Å². The first-order chi connectivity index (χ1) is 15.4. The Morgan fingerprint density at radius 1 is 1.09 bits per heavy atom. The van der Waals surface area contributed by atoms with Crippen LogP contribution in [0.15, 0.2) is 56.2 Å². The number of methoxy groups -OCH3 is 1. The van der Waals surface area contributed by atoms with Crippen LogP contribution in [-0.2, 0) is 22.6 Å². The van der Waals surface area contributed by atoms with E-state index >= 15 is 0 Å². The molecule has 164 valence electrons. The van der Waals surface area contributed by atoms with Gasteiger partial charge in [-0.25, -0.2) is 4.79 Å². The minimum Gasteiger partial charge on any atom is -0.497 e. The molecule has 0 aliphatic rings. The minimum absolute atomic E-state index is 0.0237. The van der Waals surface area contributed by atoms with Gasteiger partial charge in [0, 0.05) is 29.0 Å². The average molecular weight is 434 g/mol. The number of nitrogens with zero attached hydrogens (tertiary/aromatic N) is 2. The Balaban J connectivity index is 1.38. The molecule has 0 spiro atoms. The minimum atomic E-state index is -0.475. The zero-order valence-corrected chi connectivity index (χ0v) is 18.0. The molecule has 0 saturated heterocycles. The van der Waals surface area contributed by atoms with Crippen LogP contribution in [0, 0.1) is 13.8 Å². The summed E-state index contributed by atoms with van der Waals surface area (Å²) in [6, 6.07) is 12.9. The topological polar surface area (TPSA) is 105 Å². The first kappa shape index (κ1) is 21.3. The predicted octanol–water partition coefficient (Wildman–Crippen LogP) is 4.14. The molecule has 8 nitrogen and oxygen atoms in total. The van der Waals surface area contributed by atoms with E-state index in [1.165, 1.54) is 0 Å². The van der Waals surface area contributed by atoms with Crippen molar-refractivity contribution in [2.75, 3.05) is 7.11 Å². The third-order valence-corrected chi connectivity index (χ3v) is 5.20. The first-order valence-corrected chi connectivity index (χ1v) is 10.1. The maximum Gasteiger partial charge on any atom is 0.339 e. The molecule has 4 aromatic rings. The van der Waals surface area contributed by atoms with Crippen LogP contribution in [0.3, 0.4) is 0 Å². The monoisotopic (exact) mass is 434 g/mol. The van der Waals surface area contributed by atoms with E-state index in [4.69, 9.17) is 18.4 Å². The van der Waals surface area contributed by atoms with Gasteiger partial charge in [-0.1, -0.05) is 22.9 Å². The van der Waals surface area contributed by atoms with Gasteiger partial charge in [0.05, 0.1) is 7.11 Å². The Labute approximate surface area is 183 Å². The van der Waals surface area contributed by atoms with Gasteiger partial charge in [0.15, 0.2) is 6.61 Å². The summed E-state index contributed by atoms with van der Waals surface area (Å²) in [7, 11) is 1.55. The summed E-state index contributed by atoms with van der Waals surface area (Å²) < 4.78 is 21.0. The van der Waals surface area contributed by atoms with Crippen LogP contribution in [0.2, 0.25) is 0 Å². The van der Waals surface area contributed by atoms with E-state index in [1.54, 1.807) is 19.2 Å². The average Bonchev–Trinajstić information content (AvgIpc) is 3.26. The second-order valence-electron chi connectivity index (χ2n) is 7.40. The molecule has 2 aromatic carbocycles. The normalized spacial score (nSPS) is 11.0. The van der Waals surface area contributed by atoms with Gasteiger partial charge in [0.2, 0.25) is 5.82 Å². The third-order valence-electron chi connectivity index (χ3n) is 5.20. The number of benzene rings is 2. The number of aryl methyl sites for hydroxylation is 2. The van der Waals surface area contributed by atoms with Crippen molar-refractivity contribution in [2.45, 2.75) is 33.3 Å². The number of carbonyl (C=O) groups is 1. The highest BCUT2D eigenvalue weighted by Gasteiger charge is 2.15. The number of aromatic nitrogens is 2. The Kier molecular flexibility index (Phi) is 6.02. The van der Waals surface area contributed by atoms with Gasteiger partial charge >= 0.3 is 11.6 Å². The highest BCUT2D eigenvalue weighted by atomic mass is 16.5. The van der Waals surface area contributed by atoms with Crippen LogP contribution in [0.5, 0.6) is 5.75 Å². The van der Waals surface area contributed by atoms with Crippen molar-refractivity contribution in [3.63, 3.8) is 0 Å². The van der Waals surface area contributed by atoms with Crippen molar-refractivity contribution >= 4 is 16.9 Å². The van der Waals surface area contributed by atoms with Gasteiger partial charge in [0.25, 0.3) is 5.89 Å². The Bertz CT molecular complexity index is 1320. The van der Waals surface area contributed by atoms with E-state index in [9.17, 15) is 9.59 Å². The van der Waals surface area contributed by atoms with Crippen molar-refractivity contribution < 1.29 is 23.2 Å². The van der Waals surface area contributed by atoms with E-state index in [0.29, 0.717) is 22.8 Å². The molecule has 32 heavy (non-hydrogen) atoms. The van der Waals surface area contributed by atoms with E-state index in [-0.39, 0.29) is 25.3 Å². The number of hydrogen-bond acceptors (Lipinski definition) is 8. The molecule has 4 rings (SSSR count). The molecular formula is C24H22N2O6. The highest BCUT2D eigenvalue weighted by molar-refractivity contribution is 5.82. The Morgan fingerprint density at radius 2 is 1.88 bits per heavy atom. The summed E-state index contributed by atoms with van der Waals surface area (Å²) >= 11 is 0. The lowest BCUT2D eigenvalue weighted by Gasteiger charge is -2.08. The van der Waals surface area contributed by atoms with Crippen LogP contribution in [0.25, 0.3) is 22.4 Å². The Hall–Kier alpha value is -3.94. The zero-order chi connectivity index (χ0) is 22.7. The van der Waals surface area contributed by atoms with E-state index in [2.05, 4.69) is 10.1 Å². The SMILES string of the molecule is COc1ccc2c(C)c(CCC(=O)OCc3noc(-c4ccc(C)cc4)n3)c(=O)oc2c1. The maximum atomic E-state index is 12.4. The molecule has 2 heterocycles. The molecular weight excluding hydrogens is 412 g/mol. The van der Waals surface area contributed by atoms with E-state index in [1.807, 2.05) is 44.2 Å². The molecule has 8 heteroatoms. The fraction of sp³-hybridized carbons (Fsp3) is 0.250. The maximum absolute atomic E-state index is 12.4. The van der Waals surface area contributed by atoms with Crippen LogP contribution in [0.4, 0.5) is 0 Å². The first-order valence-electron chi connectivity index (χ1n) is 10.1. The summed E-state index contributed by atoms with van der Waals surface area (Å²) in [4.78, 5) is 28.9. The lowest BCUT2D eigenvalue weighted by Crippen LogP contribution is -2.14. The van der Waals surface area contributed by atoms with Crippen molar-refractivity contribution in [3.8, 4) is 17.2 Å². The van der Waals surface area contributed by atoms with Gasteiger partial charge in [-0.05, 0) is 50.1 Å². The second kappa shape index (κ2) is 9.05. The smallest absolute Gasteiger partial charge is 0.339 e. The molecule has 0 aliphatic heterocycles. The van der Waals surface area contributed by atoms with E-state index < -0.39 is 11.6 Å². The largest absolute Gasteiger partial charge is 0.497 e. The van der Waals surface area contributed by atoms with Crippen molar-refractivity contribution in [3.05, 3.63) is 75.4 Å². The van der Waals surface area contributed by atoms with Gasteiger partial charge in [-0.15, -0.1) is 0 Å². The van der Waals surface area contributed by atoms with Crippen LogP contribution in [-0.4, -0.2) is 23.2 Å². The summed E-state index contributed by atoms with van der Waals surface area (Å²) in [5.74, 6) is 0.755. The van der Waals surface area contributed by atoms with Crippen molar-refractivity contribution in [1.29, 1.82) is 0 Å². The number of rotatable bonds is 7. The molecule has 0 bridgehead atoms. The molecule has 0 radical (unpaired) electrons. The molecule has 0 atom stereocenters. The third kappa shape index (κ3) is 4.54. The highest BCUT2D eigenvalue weighted by Crippen LogP contribution is 2.24. The summed E-state index contributed by atoms with van der Waals surface area (Å²) in [5.41, 5.74) is 3.10. The molecule has 0 saturated carbocycles. The summed E-state index contributed by atoms with van der Waals surface area (Å²) in [6.07, 6.45) is 0.228. The molecule has 0 amide bonds. The Morgan fingerprint density at radius 3 is 2.62 bits per heavy atom. The quantitative estimate of drug-likeness (QED) is 0.316. The standard InChI is InChI=1S/C24H22N2O6/c1-14-4-6-16(7-5-14)23-25-21(26-32-23)13-30-22(27)11-10-19-15(2)18-9-8-17(29-3)12-20(18)31-24(19)28/h4-9,12H,10-11,13H2,1-3H3. The molecule has 2 aromatic heterocycles. The second-order valence-corrected chi connectivity index (χ2v) is 7.40. The molecule has 0 aliphatic carbocycles. The fourth-order valence-corrected chi connectivity index (χ4v) is 3.36. The summed E-state index contributed by atoms with van der Waals surface area (Å²) in [6.45, 7) is 3.71. The van der Waals surface area contributed by atoms with Crippen molar-refractivity contribution in [1.82, 2.24) is 10.1 Å². The molecule has 0 fully saturated rings. The van der Waals surface area contributed by atoms with Gasteiger partial charge in [-0.2, -0.15) is 4.98 Å². The van der Waals surface area contributed by atoms with E-state index in [0.717, 1.165) is 22.1 Å². The number of esters is 1. The van der Waals surface area contributed by atoms with Gasteiger partial charge in [-0.3, -0.25) is 4.79 Å². The summed E-state index contributed by atoms with van der Waals surface area (Å²) in [5, 5.41) is 4.64. The lowest BCUT2D eigenvalue weighted by atomic mass is 10.0. The number of hydrogen-bond donors (Lipinski definition) is 0. The molecule has 0 unspecified atom stereocenters. The van der Waals surface area contributed by atoms with Gasteiger partial charge in [0.1, 0.15) is 11.3 Å². The number of fused-ring (bicyclic) bond motifs is 1. The lowest BCUT2D eigenvalue weighted by molar-refractivity contribution is -0.145. The zero-order valence-electron chi connectivity index (χ0n) is 18.0. The van der Waals surface area contributed by atoms with Crippen LogP contribution < -0.4 is 10.4 Å². The predicted molar refractivity (Wildman–Crippen MR) is 116 cm³/mol. The van der Waals surface area contributed by atoms with Crippen LogP contribution in [0.1, 0.15) is 28.9 Å². The number of ether oxygens (including phenoxy) is 2. The van der Waals surface area contributed by atoms with Crippen LogP contribution >= 0.6 is 0 Å². The van der Waals surface area contributed by atoms with Crippen molar-refractivity contribution in [2.24, 2.45) is 0 Å². The molecule has 0 N–H and O–H groups in total. The number of carbonyl (C=O) groups excluding carboxylic acids is 1.